The first-order chi connectivity index (χ1) is 18.0. The topological polar surface area (TPSA) is 86.4 Å². The van der Waals surface area contributed by atoms with Crippen LogP contribution >= 0.6 is 11.3 Å². The van der Waals surface area contributed by atoms with E-state index in [1.807, 2.05) is 28.7 Å². The molecular formula is C28H32N6O2S. The zero-order valence-electron chi connectivity index (χ0n) is 21.3. The molecule has 8 nitrogen and oxygen atoms in total. The maximum atomic E-state index is 13.4. The number of aromatic amines is 1. The third-order valence-corrected chi connectivity index (χ3v) is 8.08. The first-order valence-electron chi connectivity index (χ1n) is 12.8. The molecular weight excluding hydrogens is 484 g/mol. The van der Waals surface area contributed by atoms with Crippen molar-refractivity contribution in [3.05, 3.63) is 53.8 Å². The Bertz CT molecular complexity index is 1470. The number of nitrogens with zero attached hydrogens (tertiary/aromatic N) is 4. The van der Waals surface area contributed by atoms with Gasteiger partial charge in [-0.15, -0.1) is 11.3 Å². The molecule has 1 fully saturated rings. The van der Waals surface area contributed by atoms with Crippen molar-refractivity contribution < 1.29 is 9.53 Å². The van der Waals surface area contributed by atoms with E-state index in [4.69, 9.17) is 4.74 Å². The maximum Gasteiger partial charge on any atom is 0.229 e. The Hall–Kier alpha value is -3.27. The largest absolute Gasteiger partial charge is 0.379 e. The van der Waals surface area contributed by atoms with Gasteiger partial charge in [-0.1, -0.05) is 6.08 Å². The number of amides is 1. The fourth-order valence-corrected chi connectivity index (χ4v) is 6.03. The summed E-state index contributed by atoms with van der Waals surface area (Å²) in [6.07, 6.45) is 4.82. The van der Waals surface area contributed by atoms with E-state index in [9.17, 15) is 4.79 Å². The fraction of sp³-hybridized carbons (Fsp3) is 0.393. The lowest BCUT2D eigenvalue weighted by Crippen LogP contribution is -2.50. The summed E-state index contributed by atoms with van der Waals surface area (Å²) in [6, 6.07) is 10.4. The van der Waals surface area contributed by atoms with Crippen molar-refractivity contribution in [3.8, 4) is 0 Å². The quantitative estimate of drug-likeness (QED) is 0.380. The number of benzene rings is 1. The summed E-state index contributed by atoms with van der Waals surface area (Å²) in [5.74, 6) is 0.219. The van der Waals surface area contributed by atoms with E-state index < -0.39 is 5.41 Å². The van der Waals surface area contributed by atoms with Crippen molar-refractivity contribution in [3.63, 3.8) is 0 Å². The highest BCUT2D eigenvalue weighted by atomic mass is 32.1. The number of fused-ring (bicyclic) bond motifs is 2. The van der Waals surface area contributed by atoms with E-state index in [1.54, 1.807) is 11.3 Å². The van der Waals surface area contributed by atoms with Crippen molar-refractivity contribution in [2.24, 2.45) is 5.41 Å². The van der Waals surface area contributed by atoms with Gasteiger partial charge in [0.1, 0.15) is 5.65 Å². The summed E-state index contributed by atoms with van der Waals surface area (Å²) in [7, 11) is 0. The number of thiazole rings is 1. The van der Waals surface area contributed by atoms with Crippen LogP contribution in [0.15, 0.2) is 48.1 Å². The highest BCUT2D eigenvalue weighted by Gasteiger charge is 2.35. The minimum Gasteiger partial charge on any atom is -0.379 e. The van der Waals surface area contributed by atoms with E-state index in [-0.39, 0.29) is 5.91 Å². The van der Waals surface area contributed by atoms with Crippen LogP contribution in [0.25, 0.3) is 26.8 Å². The van der Waals surface area contributed by atoms with Crippen LogP contribution in [0.5, 0.6) is 0 Å². The molecule has 2 aliphatic rings. The highest BCUT2D eigenvalue weighted by Crippen LogP contribution is 2.32. The first-order valence-corrected chi connectivity index (χ1v) is 13.7. The third kappa shape index (κ3) is 4.99. The van der Waals surface area contributed by atoms with Crippen LogP contribution in [0.1, 0.15) is 26.0 Å². The number of carbonyl (C=O) groups excluding carboxylic acids is 1. The van der Waals surface area contributed by atoms with Gasteiger partial charge in [0.25, 0.3) is 0 Å². The van der Waals surface area contributed by atoms with Crippen molar-refractivity contribution in [1.29, 1.82) is 0 Å². The molecule has 0 bridgehead atoms. The summed E-state index contributed by atoms with van der Waals surface area (Å²) in [4.78, 5) is 30.1. The summed E-state index contributed by atoms with van der Waals surface area (Å²) in [5.41, 5.74) is 7.64. The number of carbonyl (C=O) groups is 1. The second kappa shape index (κ2) is 9.89. The lowest BCUT2D eigenvalue weighted by atomic mass is 9.89. The zero-order valence-corrected chi connectivity index (χ0v) is 22.1. The van der Waals surface area contributed by atoms with Crippen molar-refractivity contribution >= 4 is 55.4 Å². The maximum absolute atomic E-state index is 13.4. The predicted molar refractivity (Wildman–Crippen MR) is 149 cm³/mol. The molecule has 192 valence electrons. The number of rotatable bonds is 6. The molecule has 9 heteroatoms. The molecule has 0 radical (unpaired) electrons. The van der Waals surface area contributed by atoms with Gasteiger partial charge < -0.3 is 19.9 Å². The molecule has 0 aliphatic carbocycles. The number of aromatic nitrogens is 3. The lowest BCUT2D eigenvalue weighted by molar-refractivity contribution is -0.141. The van der Waals surface area contributed by atoms with Crippen LogP contribution < -0.4 is 5.32 Å². The molecule has 0 atom stereocenters. The van der Waals surface area contributed by atoms with Gasteiger partial charge in [0.05, 0.1) is 40.0 Å². The van der Waals surface area contributed by atoms with Gasteiger partial charge in [0, 0.05) is 55.7 Å². The molecule has 0 spiro atoms. The standard InChI is InChI=1S/C28H32N6O2S/c1-28(2,17-33-11-13-36-14-12-33)27(35)34-9-6-19(7-10-34)24-16-21-22(5-8-29-26(21)32-24)31-20-3-4-23-25(15-20)37-18-30-23/h3-6,8,15-16,18H,7,9-14,17H2,1-2H3,(H2,29,31,32). The molecule has 2 aliphatic heterocycles. The Labute approximate surface area is 220 Å². The van der Waals surface area contributed by atoms with Crippen LogP contribution in [-0.2, 0) is 9.53 Å². The fourth-order valence-electron chi connectivity index (χ4n) is 5.31. The molecule has 1 aromatic carbocycles. The Morgan fingerprint density at radius 1 is 1.16 bits per heavy atom. The molecule has 5 heterocycles. The van der Waals surface area contributed by atoms with Gasteiger partial charge in [0.15, 0.2) is 0 Å². The summed E-state index contributed by atoms with van der Waals surface area (Å²) < 4.78 is 6.62. The SMILES string of the molecule is CC(C)(CN1CCOCC1)C(=O)N1CC=C(c2cc3c(Nc4ccc5ncsc5c4)ccnc3[nH]2)CC1. The summed E-state index contributed by atoms with van der Waals surface area (Å²) in [5, 5.41) is 4.60. The smallest absolute Gasteiger partial charge is 0.229 e. The van der Waals surface area contributed by atoms with Crippen molar-refractivity contribution in [1.82, 2.24) is 24.8 Å². The monoisotopic (exact) mass is 516 g/mol. The Balaban J connectivity index is 1.16. The number of hydrogen-bond acceptors (Lipinski definition) is 7. The van der Waals surface area contributed by atoms with E-state index in [2.05, 4.69) is 63.3 Å². The van der Waals surface area contributed by atoms with Crippen molar-refractivity contribution in [2.45, 2.75) is 20.3 Å². The molecule has 3 aromatic heterocycles. The Kier molecular flexibility index (Phi) is 6.44. The zero-order chi connectivity index (χ0) is 25.4. The van der Waals surface area contributed by atoms with Crippen LogP contribution in [0.2, 0.25) is 0 Å². The van der Waals surface area contributed by atoms with E-state index in [0.29, 0.717) is 6.54 Å². The van der Waals surface area contributed by atoms with Gasteiger partial charge in [-0.2, -0.15) is 0 Å². The molecule has 4 aromatic rings. The Morgan fingerprint density at radius 2 is 2.03 bits per heavy atom. The predicted octanol–water partition coefficient (Wildman–Crippen LogP) is 4.89. The van der Waals surface area contributed by atoms with Crippen LogP contribution in [-0.4, -0.2) is 76.6 Å². The number of H-pyrrole nitrogens is 1. The molecule has 1 amide bonds. The molecule has 1 saturated heterocycles. The molecule has 0 saturated carbocycles. The van der Waals surface area contributed by atoms with Crippen LogP contribution in [0.3, 0.4) is 0 Å². The van der Waals surface area contributed by atoms with Crippen LogP contribution in [0, 0.1) is 5.41 Å². The third-order valence-electron chi connectivity index (χ3n) is 7.29. The summed E-state index contributed by atoms with van der Waals surface area (Å²) in [6.45, 7) is 9.53. The highest BCUT2D eigenvalue weighted by molar-refractivity contribution is 7.16. The molecule has 6 rings (SSSR count). The normalized spacial score (nSPS) is 17.4. The second-order valence-corrected chi connectivity index (χ2v) is 11.4. The van der Waals surface area contributed by atoms with E-state index in [0.717, 1.165) is 84.1 Å². The van der Waals surface area contributed by atoms with E-state index >= 15 is 0 Å². The van der Waals surface area contributed by atoms with Crippen LogP contribution in [0.4, 0.5) is 11.4 Å². The van der Waals surface area contributed by atoms with Gasteiger partial charge in [-0.05, 0) is 56.2 Å². The van der Waals surface area contributed by atoms with Gasteiger partial charge in [0.2, 0.25) is 5.91 Å². The first kappa shape index (κ1) is 24.1. The Morgan fingerprint density at radius 3 is 2.84 bits per heavy atom. The average molecular weight is 517 g/mol. The lowest BCUT2D eigenvalue weighted by Gasteiger charge is -2.38. The number of hydrogen-bond donors (Lipinski definition) is 2. The number of nitrogens with one attached hydrogen (secondary N) is 2. The molecule has 2 N–H and O–H groups in total. The molecule has 37 heavy (non-hydrogen) atoms. The summed E-state index contributed by atoms with van der Waals surface area (Å²) >= 11 is 1.64. The second-order valence-electron chi connectivity index (χ2n) is 10.5. The number of ether oxygens (including phenoxy) is 1. The van der Waals surface area contributed by atoms with Gasteiger partial charge in [-0.3, -0.25) is 9.69 Å². The van der Waals surface area contributed by atoms with Gasteiger partial charge >= 0.3 is 0 Å². The van der Waals surface area contributed by atoms with Crippen molar-refractivity contribution in [2.75, 3.05) is 51.3 Å². The number of pyridine rings is 1. The number of morpholine rings is 1. The number of anilines is 2. The minimum atomic E-state index is -0.420. The average Bonchev–Trinajstić information content (AvgIpc) is 3.56. The van der Waals surface area contributed by atoms with Gasteiger partial charge in [-0.25, -0.2) is 9.97 Å². The van der Waals surface area contributed by atoms with E-state index in [1.165, 1.54) is 5.57 Å². The molecule has 0 unspecified atom stereocenters. The minimum absolute atomic E-state index is 0.219.